The Morgan fingerprint density at radius 2 is 1.62 bits per heavy atom. The van der Waals surface area contributed by atoms with Crippen molar-refractivity contribution >= 4 is 43.6 Å². The van der Waals surface area contributed by atoms with Crippen molar-refractivity contribution in [1.29, 1.82) is 0 Å². The lowest BCUT2D eigenvalue weighted by molar-refractivity contribution is -0.113. The summed E-state index contributed by atoms with van der Waals surface area (Å²) in [5.41, 5.74) is 1.83. The Morgan fingerprint density at radius 1 is 0.969 bits per heavy atom. The molecule has 0 fully saturated rings. The zero-order chi connectivity index (χ0) is 23.3. The Bertz CT molecular complexity index is 1240. The van der Waals surface area contributed by atoms with Crippen LogP contribution in [0.4, 0.5) is 5.69 Å². The van der Waals surface area contributed by atoms with Crippen LogP contribution in [-0.4, -0.2) is 28.5 Å². The fourth-order valence-electron chi connectivity index (χ4n) is 3.03. The summed E-state index contributed by atoms with van der Waals surface area (Å²) >= 11 is 3.41. The van der Waals surface area contributed by atoms with Crippen LogP contribution in [0.1, 0.15) is 11.1 Å². The third kappa shape index (κ3) is 5.03. The fraction of sp³-hybridized carbons (Fsp3) is 0.125. The number of ether oxygens (including phenoxy) is 2. The van der Waals surface area contributed by atoms with Crippen LogP contribution in [0.15, 0.2) is 82.2 Å². The first-order valence-electron chi connectivity index (χ1n) is 9.58. The largest absolute Gasteiger partial charge is 0.493 e. The van der Waals surface area contributed by atoms with Crippen LogP contribution in [0.5, 0.6) is 11.5 Å². The van der Waals surface area contributed by atoms with Crippen LogP contribution in [0, 0.1) is 6.92 Å². The molecule has 0 radical (unpaired) electrons. The summed E-state index contributed by atoms with van der Waals surface area (Å²) in [4.78, 5) is 13.2. The van der Waals surface area contributed by atoms with Gasteiger partial charge in [-0.25, -0.2) is 8.42 Å². The van der Waals surface area contributed by atoms with E-state index in [1.807, 2.05) is 6.92 Å². The van der Waals surface area contributed by atoms with Crippen LogP contribution < -0.4 is 13.8 Å². The maximum Gasteiger partial charge on any atom is 0.271 e. The molecule has 0 heterocycles. The molecule has 1 amide bonds. The first kappa shape index (κ1) is 23.6. The molecule has 3 aromatic rings. The van der Waals surface area contributed by atoms with E-state index in [2.05, 4.69) is 15.9 Å². The minimum absolute atomic E-state index is 0.0242. The highest BCUT2D eigenvalue weighted by Crippen LogP contribution is 2.36. The third-order valence-electron chi connectivity index (χ3n) is 4.62. The van der Waals surface area contributed by atoms with E-state index >= 15 is 0 Å². The molecule has 0 atom stereocenters. The number of hydrogen-bond donors (Lipinski definition) is 0. The molecule has 32 heavy (non-hydrogen) atoms. The molecular formula is C24H22BrNO5S. The number of nitrogens with zero attached hydrogens (tertiary/aromatic N) is 1. The van der Waals surface area contributed by atoms with Crippen molar-refractivity contribution in [3.8, 4) is 11.5 Å². The Hall–Kier alpha value is -3.10. The van der Waals surface area contributed by atoms with Gasteiger partial charge in [-0.2, -0.15) is 4.31 Å². The average Bonchev–Trinajstić information content (AvgIpc) is 2.79. The van der Waals surface area contributed by atoms with Crippen molar-refractivity contribution in [1.82, 2.24) is 0 Å². The maximum atomic E-state index is 13.3. The predicted molar refractivity (Wildman–Crippen MR) is 129 cm³/mol. The molecule has 0 saturated heterocycles. The fourth-order valence-corrected chi connectivity index (χ4v) is 5.06. The lowest BCUT2D eigenvalue weighted by Crippen LogP contribution is -2.35. The van der Waals surface area contributed by atoms with Crippen molar-refractivity contribution in [2.45, 2.75) is 11.8 Å². The third-order valence-corrected chi connectivity index (χ3v) is 6.95. The lowest BCUT2D eigenvalue weighted by Gasteiger charge is -2.21. The second kappa shape index (κ2) is 10.0. The van der Waals surface area contributed by atoms with E-state index in [9.17, 15) is 13.2 Å². The summed E-state index contributed by atoms with van der Waals surface area (Å²) < 4.78 is 38.7. The smallest absolute Gasteiger partial charge is 0.271 e. The number of halogens is 1. The molecule has 6 nitrogen and oxygen atoms in total. The monoisotopic (exact) mass is 515 g/mol. The average molecular weight is 516 g/mol. The van der Waals surface area contributed by atoms with Crippen molar-refractivity contribution in [3.05, 3.63) is 88.4 Å². The minimum atomic E-state index is -4.12. The molecule has 166 valence electrons. The number of benzene rings is 3. The van der Waals surface area contributed by atoms with Gasteiger partial charge in [0, 0.05) is 6.08 Å². The normalized spacial score (nSPS) is 11.4. The lowest BCUT2D eigenvalue weighted by atomic mass is 10.2. The zero-order valence-corrected chi connectivity index (χ0v) is 20.2. The van der Waals surface area contributed by atoms with E-state index in [1.54, 1.807) is 54.6 Å². The Labute approximate surface area is 196 Å². The van der Waals surface area contributed by atoms with E-state index < -0.39 is 15.9 Å². The number of carbonyl (C=O) groups is 1. The van der Waals surface area contributed by atoms with Gasteiger partial charge in [-0.05, 0) is 70.9 Å². The van der Waals surface area contributed by atoms with Gasteiger partial charge in [-0.15, -0.1) is 0 Å². The Balaban J connectivity index is 2.03. The summed E-state index contributed by atoms with van der Waals surface area (Å²) in [6, 6.07) is 18.0. The highest BCUT2D eigenvalue weighted by atomic mass is 79.9. The van der Waals surface area contributed by atoms with E-state index in [0.717, 1.165) is 9.87 Å². The van der Waals surface area contributed by atoms with Crippen LogP contribution in [0.3, 0.4) is 0 Å². The van der Waals surface area contributed by atoms with Gasteiger partial charge in [-0.1, -0.05) is 35.9 Å². The van der Waals surface area contributed by atoms with Gasteiger partial charge in [0.05, 0.1) is 29.3 Å². The number of anilines is 1. The van der Waals surface area contributed by atoms with E-state index in [4.69, 9.17) is 9.47 Å². The summed E-state index contributed by atoms with van der Waals surface area (Å²) in [5, 5.41) is 0. The van der Waals surface area contributed by atoms with Crippen LogP contribution in [0.25, 0.3) is 6.08 Å². The number of sulfonamides is 1. The molecule has 0 aliphatic rings. The highest BCUT2D eigenvalue weighted by molar-refractivity contribution is 9.10. The van der Waals surface area contributed by atoms with Gasteiger partial charge in [0.1, 0.15) is 0 Å². The first-order chi connectivity index (χ1) is 15.3. The molecule has 8 heteroatoms. The molecule has 3 aromatic carbocycles. The van der Waals surface area contributed by atoms with Gasteiger partial charge < -0.3 is 9.47 Å². The zero-order valence-electron chi connectivity index (χ0n) is 17.8. The summed E-state index contributed by atoms with van der Waals surface area (Å²) in [6.07, 6.45) is 2.74. The Morgan fingerprint density at radius 3 is 2.22 bits per heavy atom. The van der Waals surface area contributed by atoms with Gasteiger partial charge in [0.15, 0.2) is 11.5 Å². The topological polar surface area (TPSA) is 72.9 Å². The standard InChI is InChI=1S/C24H22BrNO5S/c1-17-9-12-19(13-10-17)26(32(28,29)20-7-5-4-6-8-20)23(27)14-11-18-15-21(25)24(31-3)22(16-18)30-2/h4-16H,1-3H3/b14-11+. The molecule has 0 N–H and O–H groups in total. The Kier molecular flexibility index (Phi) is 7.37. The maximum absolute atomic E-state index is 13.3. The number of methoxy groups -OCH3 is 2. The van der Waals surface area contributed by atoms with Crippen molar-refractivity contribution in [2.75, 3.05) is 18.5 Å². The number of hydrogen-bond acceptors (Lipinski definition) is 5. The quantitative estimate of drug-likeness (QED) is 0.403. The van der Waals surface area contributed by atoms with Gasteiger partial charge >= 0.3 is 0 Å². The molecule has 0 spiro atoms. The number of carbonyl (C=O) groups excluding carboxylic acids is 1. The number of amides is 1. The molecule has 0 saturated carbocycles. The molecule has 0 aliphatic heterocycles. The molecule has 3 rings (SSSR count). The summed E-state index contributed by atoms with van der Waals surface area (Å²) in [5.74, 6) is 0.286. The second-order valence-electron chi connectivity index (χ2n) is 6.83. The van der Waals surface area contributed by atoms with Gasteiger partial charge in [0.2, 0.25) is 0 Å². The minimum Gasteiger partial charge on any atom is -0.493 e. The number of aryl methyl sites for hydroxylation is 1. The second-order valence-corrected chi connectivity index (χ2v) is 9.47. The summed E-state index contributed by atoms with van der Waals surface area (Å²) in [7, 11) is -1.09. The molecule has 0 aliphatic carbocycles. The molecule has 0 aromatic heterocycles. The van der Waals surface area contributed by atoms with E-state index in [0.29, 0.717) is 21.5 Å². The molecular weight excluding hydrogens is 494 g/mol. The van der Waals surface area contributed by atoms with Gasteiger partial charge in [-0.3, -0.25) is 4.79 Å². The van der Waals surface area contributed by atoms with Crippen LogP contribution >= 0.6 is 15.9 Å². The van der Waals surface area contributed by atoms with Crippen molar-refractivity contribution in [3.63, 3.8) is 0 Å². The molecule has 0 unspecified atom stereocenters. The van der Waals surface area contributed by atoms with E-state index in [1.165, 1.54) is 38.5 Å². The SMILES string of the molecule is COc1cc(/C=C/C(=O)N(c2ccc(C)cc2)S(=O)(=O)c2ccccc2)cc(Br)c1OC. The van der Waals surface area contributed by atoms with Crippen molar-refractivity contribution in [2.24, 2.45) is 0 Å². The number of rotatable bonds is 7. The van der Waals surface area contributed by atoms with E-state index in [-0.39, 0.29) is 10.6 Å². The van der Waals surface area contributed by atoms with Crippen LogP contribution in [-0.2, 0) is 14.8 Å². The molecule has 0 bridgehead atoms. The summed E-state index contributed by atoms with van der Waals surface area (Å²) in [6.45, 7) is 1.89. The predicted octanol–water partition coefficient (Wildman–Crippen LogP) is 5.21. The van der Waals surface area contributed by atoms with Gasteiger partial charge in [0.25, 0.3) is 15.9 Å². The van der Waals surface area contributed by atoms with Crippen LogP contribution in [0.2, 0.25) is 0 Å². The first-order valence-corrected chi connectivity index (χ1v) is 11.8. The highest BCUT2D eigenvalue weighted by Gasteiger charge is 2.29. The van der Waals surface area contributed by atoms with Crippen molar-refractivity contribution < 1.29 is 22.7 Å².